The van der Waals surface area contributed by atoms with Crippen LogP contribution in [0.2, 0.25) is 0 Å². The predicted octanol–water partition coefficient (Wildman–Crippen LogP) is 4.21. The van der Waals surface area contributed by atoms with Gasteiger partial charge in [0.25, 0.3) is 0 Å². The summed E-state index contributed by atoms with van der Waals surface area (Å²) in [6.07, 6.45) is 3.40. The van der Waals surface area contributed by atoms with Gasteiger partial charge >= 0.3 is 6.09 Å². The molecular weight excluding hydrogens is 528 g/mol. The summed E-state index contributed by atoms with van der Waals surface area (Å²) in [5.74, 6) is 0.724. The molecule has 2 rings (SSSR count). The summed E-state index contributed by atoms with van der Waals surface area (Å²) in [5, 5.41) is 8.96. The first-order chi connectivity index (χ1) is 14.8. The average molecular weight is 559 g/mol. The number of amides is 1. The third kappa shape index (κ3) is 10.6. The van der Waals surface area contributed by atoms with Crippen LogP contribution in [0.5, 0.6) is 11.5 Å². The molecule has 3 N–H and O–H groups in total. The lowest BCUT2D eigenvalue weighted by molar-refractivity contribution is 0.0527. The van der Waals surface area contributed by atoms with Gasteiger partial charge in [0, 0.05) is 32.9 Å². The number of benzene rings is 1. The summed E-state index contributed by atoms with van der Waals surface area (Å²) in [4.78, 5) is 19.7. The normalized spacial score (nSPS) is 11.2. The van der Waals surface area contributed by atoms with Crippen LogP contribution in [0, 0.1) is 5.82 Å². The van der Waals surface area contributed by atoms with Crippen molar-refractivity contribution >= 4 is 36.0 Å². The maximum absolute atomic E-state index is 14.3. The van der Waals surface area contributed by atoms with Gasteiger partial charge in [-0.2, -0.15) is 0 Å². The molecule has 32 heavy (non-hydrogen) atoms. The van der Waals surface area contributed by atoms with Crippen LogP contribution in [0.3, 0.4) is 0 Å². The molecule has 0 atom stereocenters. The molecule has 0 aliphatic heterocycles. The maximum atomic E-state index is 14.3. The number of rotatable bonds is 8. The number of hydrogen-bond acceptors (Lipinski definition) is 5. The zero-order valence-electron chi connectivity index (χ0n) is 18.8. The van der Waals surface area contributed by atoms with E-state index in [-0.39, 0.29) is 29.7 Å². The smallest absolute Gasteiger partial charge is 0.407 e. The van der Waals surface area contributed by atoms with Gasteiger partial charge in [-0.3, -0.25) is 9.98 Å². The van der Waals surface area contributed by atoms with E-state index in [4.69, 9.17) is 9.47 Å². The van der Waals surface area contributed by atoms with Gasteiger partial charge in [0.1, 0.15) is 11.4 Å². The Morgan fingerprint density at radius 2 is 1.91 bits per heavy atom. The lowest BCUT2D eigenvalue weighted by Crippen LogP contribution is -2.39. The Morgan fingerprint density at radius 3 is 2.53 bits per heavy atom. The van der Waals surface area contributed by atoms with Crippen molar-refractivity contribution in [1.82, 2.24) is 20.9 Å². The topological polar surface area (TPSA) is 96.9 Å². The summed E-state index contributed by atoms with van der Waals surface area (Å²) >= 11 is 0. The number of nitrogens with one attached hydrogen (secondary N) is 3. The molecule has 0 saturated heterocycles. The molecule has 1 aromatic heterocycles. The zero-order valence-corrected chi connectivity index (χ0v) is 21.1. The third-order valence-electron chi connectivity index (χ3n) is 3.86. The fourth-order valence-corrected chi connectivity index (χ4v) is 2.48. The van der Waals surface area contributed by atoms with Gasteiger partial charge < -0.3 is 25.4 Å². The second-order valence-electron chi connectivity index (χ2n) is 7.69. The second kappa shape index (κ2) is 13.7. The van der Waals surface area contributed by atoms with Crippen LogP contribution in [0.15, 0.2) is 47.7 Å². The summed E-state index contributed by atoms with van der Waals surface area (Å²) in [5.41, 5.74) is 0.224. The molecule has 1 heterocycles. The van der Waals surface area contributed by atoms with Crippen LogP contribution in [0.25, 0.3) is 0 Å². The summed E-state index contributed by atoms with van der Waals surface area (Å²) in [6.45, 7) is 6.91. The van der Waals surface area contributed by atoms with Crippen molar-refractivity contribution in [2.45, 2.75) is 39.3 Å². The van der Waals surface area contributed by atoms with Gasteiger partial charge in [-0.25, -0.2) is 9.18 Å². The van der Waals surface area contributed by atoms with Crippen molar-refractivity contribution in [3.05, 3.63) is 54.1 Å². The maximum Gasteiger partial charge on any atom is 0.407 e. The van der Waals surface area contributed by atoms with Crippen LogP contribution in [-0.2, 0) is 11.3 Å². The molecule has 10 heteroatoms. The van der Waals surface area contributed by atoms with Crippen LogP contribution < -0.4 is 20.7 Å². The number of carbonyl (C=O) groups excluding carboxylic acids is 1. The molecule has 0 saturated carbocycles. The summed E-state index contributed by atoms with van der Waals surface area (Å²) in [6, 6.07) is 8.20. The quantitative estimate of drug-likeness (QED) is 0.194. The Labute approximate surface area is 205 Å². The summed E-state index contributed by atoms with van der Waals surface area (Å²) in [7, 11) is 1.65. The molecule has 0 spiro atoms. The van der Waals surface area contributed by atoms with Crippen molar-refractivity contribution in [2.75, 3.05) is 20.1 Å². The Balaban J connectivity index is 0.00000512. The minimum atomic E-state index is -0.517. The molecule has 0 radical (unpaired) electrons. The fraction of sp³-hybridized carbons (Fsp3) is 0.409. The lowest BCUT2D eigenvalue weighted by atomic mass is 10.2. The van der Waals surface area contributed by atoms with Crippen LogP contribution in [0.1, 0.15) is 32.8 Å². The van der Waals surface area contributed by atoms with Gasteiger partial charge in [0.05, 0.1) is 6.20 Å². The van der Waals surface area contributed by atoms with Crippen LogP contribution in [-0.4, -0.2) is 42.8 Å². The van der Waals surface area contributed by atoms with Crippen molar-refractivity contribution < 1.29 is 18.7 Å². The SMILES string of the molecule is CN=C(NCCCNC(=O)OC(C)(C)C)NCc1ccc(Oc2cccnc2)c(F)c1.I. The van der Waals surface area contributed by atoms with E-state index in [1.54, 1.807) is 37.5 Å². The minimum absolute atomic E-state index is 0. The van der Waals surface area contributed by atoms with E-state index >= 15 is 0 Å². The molecule has 0 aliphatic rings. The van der Waals surface area contributed by atoms with E-state index in [1.807, 2.05) is 20.8 Å². The van der Waals surface area contributed by atoms with Gasteiger partial charge in [-0.05, 0) is 57.0 Å². The molecular formula is C22H31FIN5O3. The molecule has 0 fully saturated rings. The highest BCUT2D eigenvalue weighted by Gasteiger charge is 2.15. The number of alkyl carbamates (subject to hydrolysis) is 1. The molecule has 0 unspecified atom stereocenters. The molecule has 176 valence electrons. The van der Waals surface area contributed by atoms with Crippen molar-refractivity contribution in [3.63, 3.8) is 0 Å². The highest BCUT2D eigenvalue weighted by molar-refractivity contribution is 14.0. The molecule has 1 aromatic carbocycles. The van der Waals surface area contributed by atoms with Crippen LogP contribution >= 0.6 is 24.0 Å². The number of aliphatic imine (C=N–C) groups is 1. The number of pyridine rings is 1. The standard InChI is InChI=1S/C22H30FN5O3.HI/c1-22(2,3)31-21(29)27-12-6-11-26-20(24-4)28-14-16-8-9-19(18(23)13-16)30-17-7-5-10-25-15-17;/h5,7-10,13,15H,6,11-12,14H2,1-4H3,(H,27,29)(H2,24,26,28);1H. The van der Waals surface area contributed by atoms with E-state index < -0.39 is 17.5 Å². The largest absolute Gasteiger partial charge is 0.453 e. The highest BCUT2D eigenvalue weighted by atomic mass is 127. The van der Waals surface area contributed by atoms with E-state index in [2.05, 4.69) is 25.9 Å². The van der Waals surface area contributed by atoms with Gasteiger partial charge in [-0.1, -0.05) is 6.07 Å². The predicted molar refractivity (Wildman–Crippen MR) is 133 cm³/mol. The molecule has 0 bridgehead atoms. The zero-order chi connectivity index (χ0) is 22.7. The van der Waals surface area contributed by atoms with Gasteiger partial charge in [0.2, 0.25) is 0 Å². The molecule has 2 aromatic rings. The van der Waals surface area contributed by atoms with Gasteiger partial charge in [0.15, 0.2) is 17.5 Å². The first-order valence-electron chi connectivity index (χ1n) is 10.0. The first kappa shape index (κ1) is 27.4. The van der Waals surface area contributed by atoms with Crippen molar-refractivity contribution in [2.24, 2.45) is 4.99 Å². The van der Waals surface area contributed by atoms with E-state index in [1.165, 1.54) is 12.3 Å². The second-order valence-corrected chi connectivity index (χ2v) is 7.69. The number of carbonyl (C=O) groups is 1. The number of ether oxygens (including phenoxy) is 2. The monoisotopic (exact) mass is 559 g/mol. The van der Waals surface area contributed by atoms with Crippen LogP contribution in [0.4, 0.5) is 9.18 Å². The lowest BCUT2D eigenvalue weighted by Gasteiger charge is -2.19. The average Bonchev–Trinajstić information content (AvgIpc) is 2.71. The fourth-order valence-electron chi connectivity index (χ4n) is 2.48. The molecule has 8 nitrogen and oxygen atoms in total. The Bertz CT molecular complexity index is 876. The first-order valence-corrected chi connectivity index (χ1v) is 10.0. The number of aromatic nitrogens is 1. The van der Waals surface area contributed by atoms with Gasteiger partial charge in [-0.15, -0.1) is 24.0 Å². The Kier molecular flexibility index (Phi) is 11.7. The third-order valence-corrected chi connectivity index (χ3v) is 3.86. The number of hydrogen-bond donors (Lipinski definition) is 3. The Morgan fingerprint density at radius 1 is 1.16 bits per heavy atom. The molecule has 1 amide bonds. The number of halogens is 2. The number of guanidine groups is 1. The Hall–Kier alpha value is -2.63. The van der Waals surface area contributed by atoms with E-state index in [0.29, 0.717) is 37.8 Å². The highest BCUT2D eigenvalue weighted by Crippen LogP contribution is 2.24. The van der Waals surface area contributed by atoms with Crippen molar-refractivity contribution in [1.29, 1.82) is 0 Å². The van der Waals surface area contributed by atoms with Crippen molar-refractivity contribution in [3.8, 4) is 11.5 Å². The van der Waals surface area contributed by atoms with E-state index in [9.17, 15) is 9.18 Å². The van der Waals surface area contributed by atoms with E-state index in [0.717, 1.165) is 5.56 Å². The minimum Gasteiger partial charge on any atom is -0.453 e. The summed E-state index contributed by atoms with van der Waals surface area (Å²) < 4.78 is 25.0. The molecule has 0 aliphatic carbocycles. The number of nitrogens with zero attached hydrogens (tertiary/aromatic N) is 2.